The highest BCUT2D eigenvalue weighted by atomic mass is 16.6. The molecule has 29 heavy (non-hydrogen) atoms. The van der Waals surface area contributed by atoms with Gasteiger partial charge in [-0.2, -0.15) is 0 Å². The molecule has 1 unspecified atom stereocenters. The number of nitrogens with zero attached hydrogens (tertiary/aromatic N) is 4. The van der Waals surface area contributed by atoms with Gasteiger partial charge in [0.1, 0.15) is 5.82 Å². The van der Waals surface area contributed by atoms with Gasteiger partial charge in [-0.05, 0) is 42.0 Å². The lowest BCUT2D eigenvalue weighted by atomic mass is 10.1. The van der Waals surface area contributed by atoms with E-state index < -0.39 is 11.0 Å². The van der Waals surface area contributed by atoms with E-state index in [1.807, 2.05) is 36.4 Å². The van der Waals surface area contributed by atoms with Gasteiger partial charge in [0.2, 0.25) is 0 Å². The number of anilines is 1. The van der Waals surface area contributed by atoms with Crippen molar-refractivity contribution >= 4 is 22.4 Å². The maximum atomic E-state index is 10.8. The Bertz CT molecular complexity index is 1150. The van der Waals surface area contributed by atoms with Gasteiger partial charge < -0.3 is 10.4 Å². The summed E-state index contributed by atoms with van der Waals surface area (Å²) in [6, 6.07) is 17.1. The molecule has 0 fully saturated rings. The second kappa shape index (κ2) is 7.99. The third-order valence-corrected chi connectivity index (χ3v) is 4.47. The van der Waals surface area contributed by atoms with Crippen molar-refractivity contribution in [2.45, 2.75) is 6.10 Å². The number of hydrogen-bond donors (Lipinski definition) is 2. The van der Waals surface area contributed by atoms with E-state index >= 15 is 0 Å². The number of nitrogens with one attached hydrogen (secondary N) is 1. The van der Waals surface area contributed by atoms with Crippen LogP contribution in [0.25, 0.3) is 22.3 Å². The van der Waals surface area contributed by atoms with Gasteiger partial charge in [0.25, 0.3) is 5.69 Å². The summed E-state index contributed by atoms with van der Waals surface area (Å²) in [7, 11) is 0. The number of rotatable bonds is 6. The fourth-order valence-corrected chi connectivity index (χ4v) is 2.96. The average Bonchev–Trinajstić information content (AvgIpc) is 2.77. The number of aliphatic hydroxyl groups is 1. The summed E-state index contributed by atoms with van der Waals surface area (Å²) in [6.07, 6.45) is 2.52. The number of nitro groups is 1. The van der Waals surface area contributed by atoms with Crippen molar-refractivity contribution in [1.29, 1.82) is 0 Å². The molecular formula is C21H17N5O3. The van der Waals surface area contributed by atoms with Crippen LogP contribution in [0, 0.1) is 10.1 Å². The van der Waals surface area contributed by atoms with E-state index in [1.165, 1.54) is 12.1 Å². The molecule has 2 aromatic heterocycles. The monoisotopic (exact) mass is 387 g/mol. The molecule has 0 saturated heterocycles. The minimum atomic E-state index is -0.855. The van der Waals surface area contributed by atoms with Crippen LogP contribution in [0.15, 0.2) is 73.1 Å². The number of nitro benzene ring substituents is 1. The number of aliphatic hydroxyl groups excluding tert-OH is 1. The quantitative estimate of drug-likeness (QED) is 0.382. The highest BCUT2D eigenvalue weighted by molar-refractivity contribution is 5.90. The fraction of sp³-hybridized carbons (Fsp3) is 0.0952. The SMILES string of the molecule is O=[N+]([O-])c1ccc(C(O)CNc2nc(-c3cccnc3)nc3ccccc23)cc1. The maximum Gasteiger partial charge on any atom is 0.269 e. The van der Waals surface area contributed by atoms with Crippen molar-refractivity contribution in [2.75, 3.05) is 11.9 Å². The van der Waals surface area contributed by atoms with Gasteiger partial charge in [-0.15, -0.1) is 0 Å². The van der Waals surface area contributed by atoms with Crippen molar-refractivity contribution in [2.24, 2.45) is 0 Å². The Morgan fingerprint density at radius 1 is 1.03 bits per heavy atom. The Morgan fingerprint density at radius 2 is 1.83 bits per heavy atom. The molecule has 0 radical (unpaired) electrons. The van der Waals surface area contributed by atoms with Crippen LogP contribution in [0.4, 0.5) is 11.5 Å². The molecule has 4 aromatic rings. The van der Waals surface area contributed by atoms with E-state index in [0.29, 0.717) is 17.2 Å². The van der Waals surface area contributed by atoms with Crippen LogP contribution < -0.4 is 5.32 Å². The maximum absolute atomic E-state index is 10.8. The molecular weight excluding hydrogens is 370 g/mol. The number of hydrogen-bond acceptors (Lipinski definition) is 7. The number of aromatic nitrogens is 3. The normalized spacial score (nSPS) is 11.9. The van der Waals surface area contributed by atoms with Crippen molar-refractivity contribution in [3.8, 4) is 11.4 Å². The molecule has 4 rings (SSSR count). The van der Waals surface area contributed by atoms with E-state index in [9.17, 15) is 15.2 Å². The number of pyridine rings is 1. The summed E-state index contributed by atoms with van der Waals surface area (Å²) in [5.74, 6) is 1.12. The molecule has 2 heterocycles. The van der Waals surface area contributed by atoms with Gasteiger partial charge >= 0.3 is 0 Å². The first kappa shape index (κ1) is 18.5. The second-order valence-corrected chi connectivity index (χ2v) is 6.40. The Labute approximate surface area is 166 Å². The Kier molecular flexibility index (Phi) is 5.08. The van der Waals surface area contributed by atoms with Gasteiger partial charge in [-0.1, -0.05) is 12.1 Å². The summed E-state index contributed by atoms with van der Waals surface area (Å²) in [6.45, 7) is 0.186. The van der Waals surface area contributed by atoms with E-state index in [1.54, 1.807) is 24.5 Å². The summed E-state index contributed by atoms with van der Waals surface area (Å²) < 4.78 is 0. The Morgan fingerprint density at radius 3 is 2.55 bits per heavy atom. The highest BCUT2D eigenvalue weighted by Crippen LogP contribution is 2.25. The third-order valence-electron chi connectivity index (χ3n) is 4.47. The molecule has 8 heteroatoms. The van der Waals surface area contributed by atoms with Crippen LogP contribution in [-0.4, -0.2) is 31.5 Å². The van der Waals surface area contributed by atoms with Crippen molar-refractivity contribution in [3.63, 3.8) is 0 Å². The third kappa shape index (κ3) is 4.02. The summed E-state index contributed by atoms with van der Waals surface area (Å²) in [5.41, 5.74) is 2.12. The number of non-ortho nitro benzene ring substituents is 1. The zero-order valence-corrected chi connectivity index (χ0v) is 15.3. The smallest absolute Gasteiger partial charge is 0.269 e. The molecule has 144 valence electrons. The molecule has 0 aliphatic rings. The van der Waals surface area contributed by atoms with Gasteiger partial charge in [0, 0.05) is 42.0 Å². The average molecular weight is 387 g/mol. The molecule has 8 nitrogen and oxygen atoms in total. The molecule has 2 aromatic carbocycles. The van der Waals surface area contributed by atoms with Crippen LogP contribution in [0.1, 0.15) is 11.7 Å². The second-order valence-electron chi connectivity index (χ2n) is 6.40. The standard InChI is InChI=1S/C21H17N5O3/c27-19(14-7-9-16(10-8-14)26(28)29)13-23-21-17-5-1-2-6-18(17)24-20(25-21)15-4-3-11-22-12-15/h1-12,19,27H,13H2,(H,23,24,25). The van der Waals surface area contributed by atoms with Crippen LogP contribution in [0.3, 0.4) is 0 Å². The minimum absolute atomic E-state index is 0.0168. The van der Waals surface area contributed by atoms with Crippen molar-refractivity contribution in [1.82, 2.24) is 15.0 Å². The zero-order valence-electron chi connectivity index (χ0n) is 15.3. The lowest BCUT2D eigenvalue weighted by Gasteiger charge is -2.15. The van der Waals surface area contributed by atoms with Gasteiger partial charge in [0.05, 0.1) is 16.5 Å². The largest absolute Gasteiger partial charge is 0.387 e. The van der Waals surface area contributed by atoms with Crippen LogP contribution >= 0.6 is 0 Å². The number of fused-ring (bicyclic) bond motifs is 1. The van der Waals surface area contributed by atoms with E-state index in [2.05, 4.69) is 20.3 Å². The minimum Gasteiger partial charge on any atom is -0.387 e. The lowest BCUT2D eigenvalue weighted by molar-refractivity contribution is -0.384. The van der Waals surface area contributed by atoms with E-state index in [0.717, 1.165) is 16.5 Å². The van der Waals surface area contributed by atoms with Gasteiger partial charge in [-0.25, -0.2) is 9.97 Å². The van der Waals surface area contributed by atoms with E-state index in [4.69, 9.17) is 0 Å². The predicted octanol–water partition coefficient (Wildman–Crippen LogP) is 3.75. The zero-order chi connectivity index (χ0) is 20.2. The molecule has 0 saturated carbocycles. The lowest BCUT2D eigenvalue weighted by Crippen LogP contribution is -2.14. The predicted molar refractivity (Wildman–Crippen MR) is 109 cm³/mol. The van der Waals surface area contributed by atoms with E-state index in [-0.39, 0.29) is 12.2 Å². The highest BCUT2D eigenvalue weighted by Gasteiger charge is 2.13. The molecule has 0 amide bonds. The first-order valence-corrected chi connectivity index (χ1v) is 8.95. The van der Waals surface area contributed by atoms with Crippen LogP contribution in [0.2, 0.25) is 0 Å². The Hall–Kier alpha value is -3.91. The molecule has 2 N–H and O–H groups in total. The van der Waals surface area contributed by atoms with Crippen LogP contribution in [-0.2, 0) is 0 Å². The van der Waals surface area contributed by atoms with Crippen molar-refractivity contribution in [3.05, 3.63) is 88.7 Å². The molecule has 0 aliphatic carbocycles. The summed E-state index contributed by atoms with van der Waals surface area (Å²) in [4.78, 5) is 23.6. The molecule has 0 spiro atoms. The summed E-state index contributed by atoms with van der Waals surface area (Å²) in [5, 5.41) is 25.3. The number of benzene rings is 2. The molecule has 1 atom stereocenters. The first-order valence-electron chi connectivity index (χ1n) is 8.95. The molecule has 0 bridgehead atoms. The van der Waals surface area contributed by atoms with Gasteiger partial charge in [0.15, 0.2) is 5.82 Å². The topological polar surface area (TPSA) is 114 Å². The number of para-hydroxylation sites is 1. The fourth-order valence-electron chi connectivity index (χ4n) is 2.96. The summed E-state index contributed by atoms with van der Waals surface area (Å²) >= 11 is 0. The van der Waals surface area contributed by atoms with Crippen molar-refractivity contribution < 1.29 is 10.0 Å². The van der Waals surface area contributed by atoms with Gasteiger partial charge in [-0.3, -0.25) is 15.1 Å². The molecule has 0 aliphatic heterocycles. The van der Waals surface area contributed by atoms with Crippen LogP contribution in [0.5, 0.6) is 0 Å². The first-order chi connectivity index (χ1) is 14.1. The Balaban J connectivity index is 1.60.